The molecule has 0 aliphatic carbocycles. The number of nitrogens with zero attached hydrogens (tertiary/aromatic N) is 1. The summed E-state index contributed by atoms with van der Waals surface area (Å²) in [5.41, 5.74) is 4.65. The lowest BCUT2D eigenvalue weighted by molar-refractivity contribution is -0.124. The van der Waals surface area contributed by atoms with Gasteiger partial charge in [-0.2, -0.15) is 0 Å². The molecule has 1 fully saturated rings. The molecule has 0 aromatic heterocycles. The van der Waals surface area contributed by atoms with Crippen molar-refractivity contribution in [1.29, 1.82) is 0 Å². The van der Waals surface area contributed by atoms with Crippen LogP contribution in [0.4, 0.5) is 0 Å². The molecule has 5 nitrogen and oxygen atoms in total. The van der Waals surface area contributed by atoms with Gasteiger partial charge in [-0.1, -0.05) is 36.4 Å². The summed E-state index contributed by atoms with van der Waals surface area (Å²) in [4.78, 5) is 26.6. The zero-order valence-corrected chi connectivity index (χ0v) is 15.4. The number of fused-ring (bicyclic) bond motifs is 1. The van der Waals surface area contributed by atoms with Gasteiger partial charge in [0.25, 0.3) is 5.91 Å². The molecule has 0 saturated carbocycles. The van der Waals surface area contributed by atoms with Crippen molar-refractivity contribution < 1.29 is 9.59 Å². The highest BCUT2D eigenvalue weighted by atomic mass is 16.2. The molecule has 2 heterocycles. The average Bonchev–Trinajstić information content (AvgIpc) is 2.70. The van der Waals surface area contributed by atoms with Crippen molar-refractivity contribution in [1.82, 2.24) is 15.5 Å². The van der Waals surface area contributed by atoms with E-state index in [-0.39, 0.29) is 11.8 Å². The molecule has 2 aliphatic rings. The van der Waals surface area contributed by atoms with Gasteiger partial charge in [-0.25, -0.2) is 0 Å². The van der Waals surface area contributed by atoms with Gasteiger partial charge in [-0.3, -0.25) is 14.5 Å². The van der Waals surface area contributed by atoms with Gasteiger partial charge in [-0.15, -0.1) is 0 Å². The number of benzene rings is 2. The van der Waals surface area contributed by atoms with E-state index in [1.54, 1.807) is 0 Å². The second-order valence-electron chi connectivity index (χ2n) is 7.39. The Kier molecular flexibility index (Phi) is 5.21. The molecular weight excluding hydrogens is 338 g/mol. The van der Waals surface area contributed by atoms with E-state index in [0.29, 0.717) is 18.5 Å². The second-order valence-corrected chi connectivity index (χ2v) is 7.39. The molecule has 5 heteroatoms. The summed E-state index contributed by atoms with van der Waals surface area (Å²) in [6.07, 6.45) is 2.68. The maximum atomic E-state index is 12.4. The van der Waals surface area contributed by atoms with Crippen molar-refractivity contribution >= 4 is 11.8 Å². The van der Waals surface area contributed by atoms with Crippen LogP contribution in [0.1, 0.15) is 39.9 Å². The fourth-order valence-corrected chi connectivity index (χ4v) is 3.86. The predicted molar refractivity (Wildman–Crippen MR) is 104 cm³/mol. The maximum Gasteiger partial charge on any atom is 0.251 e. The molecule has 0 spiro atoms. The molecule has 0 bridgehead atoms. The van der Waals surface area contributed by atoms with E-state index in [1.165, 1.54) is 16.7 Å². The Hall–Kier alpha value is -2.66. The summed E-state index contributed by atoms with van der Waals surface area (Å²) in [5.74, 6) is -0.271. The van der Waals surface area contributed by atoms with Gasteiger partial charge in [0.1, 0.15) is 6.04 Å². The highest BCUT2D eigenvalue weighted by Gasteiger charge is 2.24. The molecule has 27 heavy (non-hydrogen) atoms. The molecule has 2 aromatic carbocycles. The third kappa shape index (κ3) is 4.19. The molecule has 0 radical (unpaired) electrons. The van der Waals surface area contributed by atoms with E-state index in [4.69, 9.17) is 0 Å². The first-order valence-electron chi connectivity index (χ1n) is 9.66. The molecule has 2 aliphatic heterocycles. The van der Waals surface area contributed by atoms with Gasteiger partial charge < -0.3 is 10.6 Å². The van der Waals surface area contributed by atoms with Crippen LogP contribution >= 0.6 is 0 Å². The van der Waals surface area contributed by atoms with Crippen LogP contribution in [0.15, 0.2) is 48.5 Å². The highest BCUT2D eigenvalue weighted by molar-refractivity contribution is 5.97. The molecule has 2 N–H and O–H groups in total. The van der Waals surface area contributed by atoms with E-state index in [1.807, 2.05) is 24.3 Å². The number of nitrogens with one attached hydrogen (secondary N) is 2. The van der Waals surface area contributed by atoms with E-state index in [2.05, 4.69) is 39.8 Å². The molecule has 0 unspecified atom stereocenters. The van der Waals surface area contributed by atoms with Gasteiger partial charge in [0, 0.05) is 31.7 Å². The standard InChI is InChI=1S/C22H25N3O2/c26-21(24-20-6-3-12-23-22(20)27)18-9-7-16(8-10-18)14-25-13-11-17-4-1-2-5-19(17)15-25/h1-2,4-5,7-10,20H,3,6,11-15H2,(H,23,27)(H,24,26)/t20-/m0/s1. The lowest BCUT2D eigenvalue weighted by Crippen LogP contribution is -2.50. The second kappa shape index (κ2) is 7.92. The first-order valence-corrected chi connectivity index (χ1v) is 9.66. The largest absolute Gasteiger partial charge is 0.354 e. The number of carbonyl (C=O) groups is 2. The van der Waals surface area contributed by atoms with Crippen LogP contribution in [0.25, 0.3) is 0 Å². The minimum absolute atomic E-state index is 0.0865. The van der Waals surface area contributed by atoms with Crippen molar-refractivity contribution in [3.63, 3.8) is 0 Å². The summed E-state index contributed by atoms with van der Waals surface area (Å²) in [5, 5.41) is 5.63. The topological polar surface area (TPSA) is 61.4 Å². The van der Waals surface area contributed by atoms with E-state index < -0.39 is 6.04 Å². The van der Waals surface area contributed by atoms with Crippen LogP contribution in [0.5, 0.6) is 0 Å². The molecule has 1 saturated heterocycles. The van der Waals surface area contributed by atoms with Crippen molar-refractivity contribution in [3.05, 3.63) is 70.8 Å². The van der Waals surface area contributed by atoms with E-state index >= 15 is 0 Å². The molecule has 1 atom stereocenters. The zero-order chi connectivity index (χ0) is 18.6. The first-order chi connectivity index (χ1) is 13.2. The smallest absolute Gasteiger partial charge is 0.251 e. The summed E-state index contributed by atoms with van der Waals surface area (Å²) >= 11 is 0. The summed E-state index contributed by atoms with van der Waals surface area (Å²) in [6.45, 7) is 3.59. The van der Waals surface area contributed by atoms with E-state index in [0.717, 1.165) is 32.5 Å². The number of rotatable bonds is 4. The first kappa shape index (κ1) is 17.7. The Morgan fingerprint density at radius 2 is 1.89 bits per heavy atom. The Morgan fingerprint density at radius 3 is 2.67 bits per heavy atom. The summed E-state index contributed by atoms with van der Waals surface area (Å²) in [7, 11) is 0. The minimum Gasteiger partial charge on any atom is -0.354 e. The fourth-order valence-electron chi connectivity index (χ4n) is 3.86. The van der Waals surface area contributed by atoms with Crippen molar-refractivity contribution in [2.45, 2.75) is 38.4 Å². The van der Waals surface area contributed by atoms with Crippen molar-refractivity contribution in [2.24, 2.45) is 0 Å². The van der Waals surface area contributed by atoms with Gasteiger partial charge >= 0.3 is 0 Å². The summed E-state index contributed by atoms with van der Waals surface area (Å²) < 4.78 is 0. The fraction of sp³-hybridized carbons (Fsp3) is 0.364. The van der Waals surface area contributed by atoms with E-state index in [9.17, 15) is 9.59 Å². The maximum absolute atomic E-state index is 12.4. The Balaban J connectivity index is 1.35. The van der Waals surface area contributed by atoms with Crippen LogP contribution in [-0.2, 0) is 24.3 Å². The average molecular weight is 363 g/mol. The summed E-state index contributed by atoms with van der Waals surface area (Å²) in [6, 6.07) is 15.9. The third-order valence-electron chi connectivity index (χ3n) is 5.42. The number of carbonyl (C=O) groups excluding carboxylic acids is 2. The molecule has 140 valence electrons. The molecule has 4 rings (SSSR count). The van der Waals surface area contributed by atoms with Gasteiger partial charge in [0.2, 0.25) is 5.91 Å². The lowest BCUT2D eigenvalue weighted by Gasteiger charge is -2.28. The van der Waals surface area contributed by atoms with Crippen molar-refractivity contribution in [3.8, 4) is 0 Å². The molecular formula is C22H25N3O2. The van der Waals surface area contributed by atoms with Gasteiger partial charge in [0.05, 0.1) is 0 Å². The number of amides is 2. The zero-order valence-electron chi connectivity index (χ0n) is 15.4. The lowest BCUT2D eigenvalue weighted by atomic mass is 9.99. The Bertz CT molecular complexity index is 832. The third-order valence-corrected chi connectivity index (χ3v) is 5.42. The van der Waals surface area contributed by atoms with Gasteiger partial charge in [0.15, 0.2) is 0 Å². The molecule has 2 aromatic rings. The van der Waals surface area contributed by atoms with Crippen LogP contribution in [0.3, 0.4) is 0 Å². The van der Waals surface area contributed by atoms with Gasteiger partial charge in [-0.05, 0) is 48.1 Å². The number of piperidine rings is 1. The Labute approximate surface area is 159 Å². The Morgan fingerprint density at radius 1 is 1.11 bits per heavy atom. The number of hydrogen-bond donors (Lipinski definition) is 2. The van der Waals surface area contributed by atoms with Crippen molar-refractivity contribution in [2.75, 3.05) is 13.1 Å². The predicted octanol–water partition coefficient (Wildman–Crippen LogP) is 2.25. The van der Waals surface area contributed by atoms with Crippen LogP contribution in [0.2, 0.25) is 0 Å². The van der Waals surface area contributed by atoms with Crippen LogP contribution in [-0.4, -0.2) is 35.8 Å². The normalized spacial score (nSPS) is 19.9. The van der Waals surface area contributed by atoms with Crippen LogP contribution < -0.4 is 10.6 Å². The monoisotopic (exact) mass is 363 g/mol. The minimum atomic E-state index is -0.417. The highest BCUT2D eigenvalue weighted by Crippen LogP contribution is 2.20. The SMILES string of the molecule is O=C(N[C@H]1CCCNC1=O)c1ccc(CN2CCc3ccccc3C2)cc1. The van der Waals surface area contributed by atoms with Crippen LogP contribution in [0, 0.1) is 0 Å². The quantitative estimate of drug-likeness (QED) is 0.876. The molecule has 2 amide bonds. The number of hydrogen-bond acceptors (Lipinski definition) is 3.